The van der Waals surface area contributed by atoms with E-state index in [9.17, 15) is 0 Å². The van der Waals surface area contributed by atoms with Crippen LogP contribution in [0.5, 0.6) is 0 Å². The van der Waals surface area contributed by atoms with Gasteiger partial charge in [-0.25, -0.2) is 0 Å². The number of allylic oxidation sites excluding steroid dienone is 5. The van der Waals surface area contributed by atoms with E-state index in [4.69, 9.17) is 0 Å². The Labute approximate surface area is 109 Å². The van der Waals surface area contributed by atoms with E-state index in [2.05, 4.69) is 46.6 Å². The molecule has 0 bridgehead atoms. The first-order chi connectivity index (χ1) is 8.15. The average Bonchev–Trinajstić information content (AvgIpc) is 2.38. The van der Waals surface area contributed by atoms with Gasteiger partial charge in [-0.2, -0.15) is 0 Å². The molecular weight excluding hydrogens is 204 g/mol. The van der Waals surface area contributed by atoms with E-state index in [1.165, 1.54) is 24.8 Å². The van der Waals surface area contributed by atoms with Crippen molar-refractivity contribution < 1.29 is 0 Å². The van der Waals surface area contributed by atoms with Gasteiger partial charge >= 0.3 is 0 Å². The van der Waals surface area contributed by atoms with Gasteiger partial charge in [0.05, 0.1) is 0 Å². The van der Waals surface area contributed by atoms with Gasteiger partial charge in [0, 0.05) is 0 Å². The minimum Gasteiger partial charge on any atom is -0.103 e. The molecule has 17 heavy (non-hydrogen) atoms. The highest BCUT2D eigenvalue weighted by Crippen LogP contribution is 2.08. The van der Waals surface area contributed by atoms with Crippen LogP contribution >= 0.6 is 0 Å². The Kier molecular flexibility index (Phi) is 16.1. The molecule has 0 aliphatic rings. The fraction of sp³-hybridized carbons (Fsp3) is 0.529. The molecule has 0 N–H and O–H groups in total. The van der Waals surface area contributed by atoms with Gasteiger partial charge in [0.15, 0.2) is 0 Å². The van der Waals surface area contributed by atoms with Crippen LogP contribution in [0.15, 0.2) is 49.6 Å². The van der Waals surface area contributed by atoms with E-state index < -0.39 is 0 Å². The molecule has 0 saturated carbocycles. The van der Waals surface area contributed by atoms with Crippen molar-refractivity contribution in [2.75, 3.05) is 0 Å². The van der Waals surface area contributed by atoms with E-state index in [0.29, 0.717) is 5.92 Å². The Balaban J connectivity index is 0. The van der Waals surface area contributed by atoms with E-state index in [-0.39, 0.29) is 0 Å². The van der Waals surface area contributed by atoms with Crippen molar-refractivity contribution in [1.82, 2.24) is 0 Å². The molecule has 0 heterocycles. The van der Waals surface area contributed by atoms with Gasteiger partial charge < -0.3 is 0 Å². The molecule has 0 aliphatic heterocycles. The second kappa shape index (κ2) is 15.0. The van der Waals surface area contributed by atoms with Gasteiger partial charge in [-0.15, -0.1) is 19.7 Å². The highest BCUT2D eigenvalue weighted by molar-refractivity contribution is 5.00. The number of hydrogen-bond donors (Lipinski definition) is 0. The van der Waals surface area contributed by atoms with Crippen LogP contribution in [-0.2, 0) is 0 Å². The van der Waals surface area contributed by atoms with Crippen molar-refractivity contribution in [1.29, 1.82) is 0 Å². The molecule has 0 spiro atoms. The van der Waals surface area contributed by atoms with Crippen molar-refractivity contribution in [3.63, 3.8) is 0 Å². The van der Waals surface area contributed by atoms with Crippen LogP contribution in [0.4, 0.5) is 0 Å². The van der Waals surface area contributed by atoms with Gasteiger partial charge in [0.1, 0.15) is 0 Å². The van der Waals surface area contributed by atoms with Crippen LogP contribution in [0.2, 0.25) is 0 Å². The number of hydrogen-bond acceptors (Lipinski definition) is 0. The first kappa shape index (κ1) is 18.3. The van der Waals surface area contributed by atoms with Crippen LogP contribution in [0.1, 0.15) is 52.9 Å². The fourth-order valence-corrected chi connectivity index (χ4v) is 1.31. The van der Waals surface area contributed by atoms with E-state index >= 15 is 0 Å². The van der Waals surface area contributed by atoms with Crippen molar-refractivity contribution in [2.24, 2.45) is 5.92 Å². The van der Waals surface area contributed by atoms with Gasteiger partial charge in [-0.1, -0.05) is 43.7 Å². The fourth-order valence-electron chi connectivity index (χ4n) is 1.31. The van der Waals surface area contributed by atoms with Gasteiger partial charge in [-0.05, 0) is 44.9 Å². The maximum absolute atomic E-state index is 3.68. The third-order valence-corrected chi connectivity index (χ3v) is 2.76. The third-order valence-electron chi connectivity index (χ3n) is 2.76. The molecule has 1 atom stereocenters. The molecule has 0 aromatic rings. The zero-order chi connectivity index (χ0) is 13.5. The largest absolute Gasteiger partial charge is 0.103 e. The summed E-state index contributed by atoms with van der Waals surface area (Å²) in [5.74, 6) is 0.646. The lowest BCUT2D eigenvalue weighted by Crippen LogP contribution is -1.85. The van der Waals surface area contributed by atoms with Crippen molar-refractivity contribution in [3.05, 3.63) is 49.6 Å². The summed E-state index contributed by atoms with van der Waals surface area (Å²) in [6.45, 7) is 17.4. The van der Waals surface area contributed by atoms with Gasteiger partial charge in [-0.3, -0.25) is 0 Å². The summed E-state index contributed by atoms with van der Waals surface area (Å²) in [6, 6.07) is 0. The summed E-state index contributed by atoms with van der Waals surface area (Å²) in [4.78, 5) is 0. The summed E-state index contributed by atoms with van der Waals surface area (Å²) in [5, 5.41) is 0. The highest BCUT2D eigenvalue weighted by Gasteiger charge is 1.90. The predicted octanol–water partition coefficient (Wildman–Crippen LogP) is 6.08. The molecule has 1 unspecified atom stereocenters. The van der Waals surface area contributed by atoms with Crippen LogP contribution in [0.3, 0.4) is 0 Å². The number of rotatable bonds is 8. The highest BCUT2D eigenvalue weighted by atomic mass is 14.0. The Morgan fingerprint density at radius 2 is 1.71 bits per heavy atom. The molecule has 0 heteroatoms. The zero-order valence-electron chi connectivity index (χ0n) is 12.0. The van der Waals surface area contributed by atoms with Gasteiger partial charge in [0.2, 0.25) is 0 Å². The topological polar surface area (TPSA) is 0 Å². The van der Waals surface area contributed by atoms with E-state index in [0.717, 1.165) is 12.8 Å². The Morgan fingerprint density at radius 3 is 2.06 bits per heavy atom. The molecule has 98 valence electrons. The minimum absolute atomic E-state index is 0.646. The normalized spacial score (nSPS) is 12.1. The van der Waals surface area contributed by atoms with Crippen LogP contribution in [0, 0.1) is 5.92 Å². The van der Waals surface area contributed by atoms with Crippen molar-refractivity contribution >= 4 is 0 Å². The van der Waals surface area contributed by atoms with Crippen molar-refractivity contribution in [3.8, 4) is 0 Å². The zero-order valence-corrected chi connectivity index (χ0v) is 12.0. The molecule has 0 aromatic heterocycles. The Bertz CT molecular complexity index is 220. The summed E-state index contributed by atoms with van der Waals surface area (Å²) in [7, 11) is 0. The standard InChI is InChI=1S/C9H16.C8H14/c1-4-7-8-9(5-2)6-3;1-4-6-7-8(3)5-2/h4-5H,1,6-8H2,2-3H3;4-5,8H,1-2,6-7H2,3H3. The first-order valence-corrected chi connectivity index (χ1v) is 6.64. The van der Waals surface area contributed by atoms with E-state index in [1.54, 1.807) is 0 Å². The van der Waals surface area contributed by atoms with Crippen LogP contribution in [0.25, 0.3) is 0 Å². The Hall–Kier alpha value is -1.04. The second-order valence-corrected chi connectivity index (χ2v) is 4.21. The monoisotopic (exact) mass is 234 g/mol. The van der Waals surface area contributed by atoms with Crippen LogP contribution in [-0.4, -0.2) is 0 Å². The summed E-state index contributed by atoms with van der Waals surface area (Å²) >= 11 is 0. The maximum Gasteiger partial charge on any atom is -0.0262 e. The summed E-state index contributed by atoms with van der Waals surface area (Å²) in [6.07, 6.45) is 13.9. The van der Waals surface area contributed by atoms with E-state index in [1.807, 2.05) is 18.2 Å². The second-order valence-electron chi connectivity index (χ2n) is 4.21. The Morgan fingerprint density at radius 1 is 1.12 bits per heavy atom. The summed E-state index contributed by atoms with van der Waals surface area (Å²) < 4.78 is 0. The molecule has 0 amide bonds. The molecule has 0 aliphatic carbocycles. The molecule has 0 saturated heterocycles. The molecule has 0 nitrogen and oxygen atoms in total. The third kappa shape index (κ3) is 15.0. The van der Waals surface area contributed by atoms with Crippen LogP contribution < -0.4 is 0 Å². The lowest BCUT2D eigenvalue weighted by Gasteiger charge is -1.99. The smallest absolute Gasteiger partial charge is 0.0262 e. The average molecular weight is 234 g/mol. The molecule has 0 aromatic carbocycles. The van der Waals surface area contributed by atoms with Gasteiger partial charge in [0.25, 0.3) is 0 Å². The quantitative estimate of drug-likeness (QED) is 0.446. The molecule has 0 fully saturated rings. The molecular formula is C17H30. The lowest BCUT2D eigenvalue weighted by molar-refractivity contribution is 0.660. The summed E-state index contributed by atoms with van der Waals surface area (Å²) in [5.41, 5.74) is 1.54. The van der Waals surface area contributed by atoms with Crippen molar-refractivity contribution in [2.45, 2.75) is 52.9 Å². The SMILES string of the molecule is C=CCCC(=CC)CC.C=CCCC(C)C=C. The molecule has 0 rings (SSSR count). The lowest BCUT2D eigenvalue weighted by atomic mass is 10.1. The maximum atomic E-state index is 3.68. The molecule has 0 radical (unpaired) electrons. The first-order valence-electron chi connectivity index (χ1n) is 6.64. The minimum atomic E-state index is 0.646. The predicted molar refractivity (Wildman–Crippen MR) is 82.3 cm³/mol.